The van der Waals surface area contributed by atoms with E-state index in [0.717, 1.165) is 10.5 Å². The maximum Gasteiger partial charge on any atom is 0.257 e. The van der Waals surface area contributed by atoms with E-state index in [1.807, 2.05) is 6.92 Å². The minimum absolute atomic E-state index is 0.240. The van der Waals surface area contributed by atoms with Crippen LogP contribution in [0.3, 0.4) is 0 Å². The summed E-state index contributed by atoms with van der Waals surface area (Å²) in [6.45, 7) is 1.83. The molecule has 0 saturated heterocycles. The van der Waals surface area contributed by atoms with Crippen LogP contribution in [0.15, 0.2) is 18.2 Å². The summed E-state index contributed by atoms with van der Waals surface area (Å²) in [5, 5.41) is 22.0. The average molecular weight is 260 g/mol. The Morgan fingerprint density at radius 2 is 2.11 bits per heavy atom. The Hall–Kier alpha value is -2.35. The molecule has 0 aliphatic carbocycles. The third kappa shape index (κ3) is 1.93. The molecule has 90 valence electrons. The standard InChI is InChI=1S/C10H8N6OS/c1-5-12-15-10(18-5)11-9(17)6-2-3-7-8(4-6)14-16-13-7/h2-4H,1H3,(H,11,15,17)(H,13,14,16). The zero-order chi connectivity index (χ0) is 12.5. The van der Waals surface area contributed by atoms with Crippen molar-refractivity contribution in [2.45, 2.75) is 6.92 Å². The molecule has 0 spiro atoms. The Bertz CT molecular complexity index is 718. The van der Waals surface area contributed by atoms with Crippen molar-refractivity contribution in [3.63, 3.8) is 0 Å². The van der Waals surface area contributed by atoms with Gasteiger partial charge in [-0.25, -0.2) is 0 Å². The van der Waals surface area contributed by atoms with Crippen LogP contribution in [0.25, 0.3) is 11.0 Å². The van der Waals surface area contributed by atoms with Gasteiger partial charge in [-0.05, 0) is 25.1 Å². The largest absolute Gasteiger partial charge is 0.296 e. The van der Waals surface area contributed by atoms with Crippen molar-refractivity contribution in [3.05, 3.63) is 28.8 Å². The molecule has 3 rings (SSSR count). The van der Waals surface area contributed by atoms with Gasteiger partial charge in [-0.1, -0.05) is 11.3 Å². The van der Waals surface area contributed by atoms with Gasteiger partial charge < -0.3 is 0 Å². The molecule has 1 aromatic carbocycles. The fraction of sp³-hybridized carbons (Fsp3) is 0.100. The normalized spacial score (nSPS) is 10.7. The van der Waals surface area contributed by atoms with Gasteiger partial charge in [0.25, 0.3) is 5.91 Å². The minimum Gasteiger partial charge on any atom is -0.296 e. The molecule has 7 nitrogen and oxygen atoms in total. The molecule has 8 heteroatoms. The van der Waals surface area contributed by atoms with Gasteiger partial charge in [0.1, 0.15) is 16.0 Å². The molecule has 2 aromatic heterocycles. The third-order valence-electron chi connectivity index (χ3n) is 2.32. The molecule has 1 amide bonds. The molecule has 18 heavy (non-hydrogen) atoms. The number of hydrogen-bond acceptors (Lipinski definition) is 6. The van der Waals surface area contributed by atoms with Gasteiger partial charge in [-0.3, -0.25) is 10.1 Å². The molecule has 2 N–H and O–H groups in total. The second kappa shape index (κ2) is 4.15. The van der Waals surface area contributed by atoms with Crippen molar-refractivity contribution in [2.24, 2.45) is 0 Å². The quantitative estimate of drug-likeness (QED) is 0.725. The summed E-state index contributed by atoms with van der Waals surface area (Å²) in [5.41, 5.74) is 1.87. The number of aryl methyl sites for hydroxylation is 1. The van der Waals surface area contributed by atoms with Crippen LogP contribution in [-0.2, 0) is 0 Å². The molecule has 3 aromatic rings. The molecular weight excluding hydrogens is 252 g/mol. The third-order valence-corrected chi connectivity index (χ3v) is 3.08. The lowest BCUT2D eigenvalue weighted by Gasteiger charge is -2.00. The maximum absolute atomic E-state index is 12.0. The second-order valence-corrected chi connectivity index (χ2v) is 4.79. The fourth-order valence-electron chi connectivity index (χ4n) is 1.50. The zero-order valence-corrected chi connectivity index (χ0v) is 10.2. The summed E-state index contributed by atoms with van der Waals surface area (Å²) in [4.78, 5) is 12.0. The van der Waals surface area contributed by atoms with Crippen LogP contribution in [0.1, 0.15) is 15.4 Å². The summed E-state index contributed by atoms with van der Waals surface area (Å²) in [7, 11) is 0. The van der Waals surface area contributed by atoms with E-state index in [2.05, 4.69) is 30.9 Å². The highest BCUT2D eigenvalue weighted by atomic mass is 32.1. The number of nitrogens with one attached hydrogen (secondary N) is 2. The van der Waals surface area contributed by atoms with Crippen molar-refractivity contribution in [3.8, 4) is 0 Å². The van der Waals surface area contributed by atoms with Gasteiger partial charge in [0.2, 0.25) is 5.13 Å². The van der Waals surface area contributed by atoms with Crippen LogP contribution < -0.4 is 5.32 Å². The lowest BCUT2D eigenvalue weighted by molar-refractivity contribution is 0.102. The predicted octanol–water partition coefficient (Wildman–Crippen LogP) is 1.37. The van der Waals surface area contributed by atoms with Crippen molar-refractivity contribution in [2.75, 3.05) is 5.32 Å². The van der Waals surface area contributed by atoms with Crippen molar-refractivity contribution in [1.29, 1.82) is 0 Å². The van der Waals surface area contributed by atoms with Gasteiger partial charge >= 0.3 is 0 Å². The number of carbonyl (C=O) groups excluding carboxylic acids is 1. The number of aromatic nitrogens is 5. The molecule has 0 aliphatic rings. The monoisotopic (exact) mass is 260 g/mol. The van der Waals surface area contributed by atoms with E-state index < -0.39 is 0 Å². The van der Waals surface area contributed by atoms with E-state index in [1.54, 1.807) is 18.2 Å². The number of H-pyrrole nitrogens is 1. The number of rotatable bonds is 2. The molecule has 0 radical (unpaired) electrons. The summed E-state index contributed by atoms with van der Waals surface area (Å²) < 4.78 is 0. The predicted molar refractivity (Wildman–Crippen MR) is 66.5 cm³/mol. The molecule has 2 heterocycles. The smallest absolute Gasteiger partial charge is 0.257 e. The molecule has 0 bridgehead atoms. The topological polar surface area (TPSA) is 96.5 Å². The van der Waals surface area contributed by atoms with Gasteiger partial charge in [0, 0.05) is 5.56 Å². The molecule has 0 unspecified atom stereocenters. The van der Waals surface area contributed by atoms with Gasteiger partial charge in [0.05, 0.1) is 0 Å². The van der Waals surface area contributed by atoms with Gasteiger partial charge in [-0.15, -0.1) is 10.2 Å². The van der Waals surface area contributed by atoms with Crippen molar-refractivity contribution in [1.82, 2.24) is 25.6 Å². The van der Waals surface area contributed by atoms with E-state index in [4.69, 9.17) is 0 Å². The molecule has 0 atom stereocenters. The van der Waals surface area contributed by atoms with Gasteiger partial charge in [0.15, 0.2) is 0 Å². The fourth-order valence-corrected chi connectivity index (χ4v) is 2.08. The molecule has 0 fully saturated rings. The first kappa shape index (κ1) is 10.8. The number of fused-ring (bicyclic) bond motifs is 1. The summed E-state index contributed by atoms with van der Waals surface area (Å²) in [6.07, 6.45) is 0. The number of hydrogen-bond donors (Lipinski definition) is 2. The van der Waals surface area contributed by atoms with Crippen LogP contribution in [0.2, 0.25) is 0 Å². The van der Waals surface area contributed by atoms with Crippen LogP contribution in [0.5, 0.6) is 0 Å². The Labute approximate surface area is 105 Å². The maximum atomic E-state index is 12.0. The summed E-state index contributed by atoms with van der Waals surface area (Å²) >= 11 is 1.33. The van der Waals surface area contributed by atoms with E-state index in [9.17, 15) is 4.79 Å². The Kier molecular flexibility index (Phi) is 2.49. The average Bonchev–Trinajstić information content (AvgIpc) is 2.96. The molecule has 0 saturated carbocycles. The number of nitrogens with zero attached hydrogens (tertiary/aromatic N) is 4. The molecule has 0 aliphatic heterocycles. The number of aromatic amines is 1. The highest BCUT2D eigenvalue weighted by Crippen LogP contribution is 2.16. The Balaban J connectivity index is 1.87. The van der Waals surface area contributed by atoms with Crippen LogP contribution in [-0.4, -0.2) is 31.5 Å². The van der Waals surface area contributed by atoms with E-state index in [-0.39, 0.29) is 5.91 Å². The summed E-state index contributed by atoms with van der Waals surface area (Å²) in [6, 6.07) is 5.09. The first-order chi connectivity index (χ1) is 8.72. The van der Waals surface area contributed by atoms with Crippen LogP contribution in [0.4, 0.5) is 5.13 Å². The number of anilines is 1. The van der Waals surface area contributed by atoms with E-state index >= 15 is 0 Å². The second-order valence-electron chi connectivity index (χ2n) is 3.61. The Morgan fingerprint density at radius 1 is 1.28 bits per heavy atom. The van der Waals surface area contributed by atoms with Crippen LogP contribution >= 0.6 is 11.3 Å². The van der Waals surface area contributed by atoms with Gasteiger partial charge in [-0.2, -0.15) is 15.4 Å². The lowest BCUT2D eigenvalue weighted by atomic mass is 10.2. The highest BCUT2D eigenvalue weighted by molar-refractivity contribution is 7.15. The Morgan fingerprint density at radius 3 is 2.89 bits per heavy atom. The highest BCUT2D eigenvalue weighted by Gasteiger charge is 2.10. The van der Waals surface area contributed by atoms with Crippen molar-refractivity contribution >= 4 is 33.4 Å². The minimum atomic E-state index is -0.240. The zero-order valence-electron chi connectivity index (χ0n) is 9.34. The SMILES string of the molecule is Cc1nnc(NC(=O)c2ccc3n[nH]nc3c2)s1. The summed E-state index contributed by atoms with van der Waals surface area (Å²) in [5.74, 6) is -0.240. The number of benzene rings is 1. The van der Waals surface area contributed by atoms with E-state index in [1.165, 1.54) is 11.3 Å². The number of carbonyl (C=O) groups is 1. The number of amides is 1. The molecular formula is C10H8N6OS. The van der Waals surface area contributed by atoms with Crippen molar-refractivity contribution < 1.29 is 4.79 Å². The van der Waals surface area contributed by atoms with Crippen LogP contribution in [0, 0.1) is 6.92 Å². The lowest BCUT2D eigenvalue weighted by Crippen LogP contribution is -2.11. The van der Waals surface area contributed by atoms with E-state index in [0.29, 0.717) is 16.2 Å². The first-order valence-electron chi connectivity index (χ1n) is 5.14. The first-order valence-corrected chi connectivity index (χ1v) is 5.96.